The molecule has 0 spiro atoms. The molecule has 3 nitrogen and oxygen atoms in total. The van der Waals surface area contributed by atoms with Crippen LogP contribution >= 0.6 is 0 Å². The molecule has 0 unspecified atom stereocenters. The molecule has 0 aromatic heterocycles. The van der Waals surface area contributed by atoms with Crippen LogP contribution in [0, 0.1) is 0 Å². The first-order valence-electron chi connectivity index (χ1n) is 5.45. The highest BCUT2D eigenvalue weighted by Gasteiger charge is 2.15. The van der Waals surface area contributed by atoms with Gasteiger partial charge >= 0.3 is 0 Å². The van der Waals surface area contributed by atoms with Crippen molar-refractivity contribution in [3.8, 4) is 5.75 Å². The first kappa shape index (κ1) is 13.0. The predicted molar refractivity (Wildman–Crippen MR) is 63.6 cm³/mol. The smallest absolute Gasteiger partial charge is 0.119 e. The van der Waals surface area contributed by atoms with E-state index >= 15 is 0 Å². The highest BCUT2D eigenvalue weighted by atomic mass is 16.5. The van der Waals surface area contributed by atoms with Crippen molar-refractivity contribution in [1.82, 2.24) is 0 Å². The topological polar surface area (TPSA) is 38.7 Å². The Morgan fingerprint density at radius 2 is 1.81 bits per heavy atom. The van der Waals surface area contributed by atoms with Gasteiger partial charge in [0.2, 0.25) is 0 Å². The lowest BCUT2D eigenvalue weighted by molar-refractivity contribution is 0.00545. The van der Waals surface area contributed by atoms with Gasteiger partial charge in [-0.05, 0) is 31.5 Å². The molecule has 0 aliphatic rings. The molecule has 1 aromatic rings. The van der Waals surface area contributed by atoms with E-state index in [4.69, 9.17) is 14.6 Å². The van der Waals surface area contributed by atoms with Gasteiger partial charge in [-0.25, -0.2) is 0 Å². The van der Waals surface area contributed by atoms with Crippen LogP contribution in [0.3, 0.4) is 0 Å². The number of ether oxygens (including phenoxy) is 2. The van der Waals surface area contributed by atoms with Gasteiger partial charge in [0, 0.05) is 13.5 Å². The average molecular weight is 224 g/mol. The van der Waals surface area contributed by atoms with E-state index in [0.717, 1.165) is 17.7 Å². The maximum Gasteiger partial charge on any atom is 0.119 e. The third-order valence-corrected chi connectivity index (χ3v) is 2.63. The van der Waals surface area contributed by atoms with Crippen molar-refractivity contribution >= 4 is 0 Å². The van der Waals surface area contributed by atoms with Crippen molar-refractivity contribution in [2.24, 2.45) is 0 Å². The maximum atomic E-state index is 8.89. The fraction of sp³-hybridized carbons (Fsp3) is 0.538. The van der Waals surface area contributed by atoms with Gasteiger partial charge in [0.05, 0.1) is 18.8 Å². The van der Waals surface area contributed by atoms with Gasteiger partial charge in [-0.15, -0.1) is 0 Å². The third-order valence-electron chi connectivity index (χ3n) is 2.63. The molecule has 0 amide bonds. The van der Waals surface area contributed by atoms with Crippen LogP contribution in [0.4, 0.5) is 0 Å². The van der Waals surface area contributed by atoms with E-state index in [9.17, 15) is 0 Å². The Morgan fingerprint density at radius 1 is 1.19 bits per heavy atom. The minimum atomic E-state index is -0.148. The van der Waals surface area contributed by atoms with Crippen molar-refractivity contribution in [3.05, 3.63) is 29.8 Å². The first-order chi connectivity index (χ1) is 7.57. The highest BCUT2D eigenvalue weighted by molar-refractivity contribution is 5.26. The summed E-state index contributed by atoms with van der Waals surface area (Å²) in [5, 5.41) is 8.89. The standard InChI is InChI=1S/C13H20O3/c1-13(2,15-3)8-9-16-12-6-4-11(10-14)5-7-12/h4-7,14H,8-10H2,1-3H3. The molecule has 1 aromatic carbocycles. The summed E-state index contributed by atoms with van der Waals surface area (Å²) < 4.78 is 10.9. The van der Waals surface area contributed by atoms with E-state index in [2.05, 4.69) is 0 Å². The molecule has 0 aliphatic heterocycles. The molecule has 0 bridgehead atoms. The molecule has 0 heterocycles. The Kier molecular flexibility index (Phi) is 4.77. The second-order valence-corrected chi connectivity index (χ2v) is 4.36. The zero-order valence-corrected chi connectivity index (χ0v) is 10.2. The van der Waals surface area contributed by atoms with Gasteiger partial charge in [-0.1, -0.05) is 12.1 Å². The second kappa shape index (κ2) is 5.87. The molecule has 16 heavy (non-hydrogen) atoms. The fourth-order valence-corrected chi connectivity index (χ4v) is 1.21. The lowest BCUT2D eigenvalue weighted by atomic mass is 10.1. The molecular weight excluding hydrogens is 204 g/mol. The Labute approximate surface area is 97.0 Å². The number of rotatable bonds is 6. The molecule has 90 valence electrons. The molecule has 0 fully saturated rings. The summed E-state index contributed by atoms with van der Waals surface area (Å²) in [4.78, 5) is 0. The average Bonchev–Trinajstić information content (AvgIpc) is 2.30. The summed E-state index contributed by atoms with van der Waals surface area (Å²) in [6, 6.07) is 7.45. The molecule has 3 heteroatoms. The van der Waals surface area contributed by atoms with Crippen LogP contribution in [0.5, 0.6) is 5.75 Å². The summed E-state index contributed by atoms with van der Waals surface area (Å²) in [6.07, 6.45) is 0.839. The van der Waals surface area contributed by atoms with E-state index in [1.54, 1.807) is 7.11 Å². The summed E-state index contributed by atoms with van der Waals surface area (Å²) in [5.41, 5.74) is 0.745. The Hall–Kier alpha value is -1.06. The normalized spacial score (nSPS) is 11.5. The Morgan fingerprint density at radius 3 is 2.31 bits per heavy atom. The Bertz CT molecular complexity index is 303. The number of hydrogen-bond donors (Lipinski definition) is 1. The van der Waals surface area contributed by atoms with Crippen molar-refractivity contribution in [1.29, 1.82) is 0 Å². The van der Waals surface area contributed by atoms with E-state index in [-0.39, 0.29) is 12.2 Å². The van der Waals surface area contributed by atoms with Gasteiger partial charge in [0.1, 0.15) is 5.75 Å². The minimum Gasteiger partial charge on any atom is -0.493 e. The number of benzene rings is 1. The summed E-state index contributed by atoms with van der Waals surface area (Å²) in [5.74, 6) is 0.823. The zero-order chi connectivity index (χ0) is 12.0. The zero-order valence-electron chi connectivity index (χ0n) is 10.2. The van der Waals surface area contributed by atoms with E-state index in [0.29, 0.717) is 6.61 Å². The minimum absolute atomic E-state index is 0.0665. The van der Waals surface area contributed by atoms with Crippen LogP contribution in [0.25, 0.3) is 0 Å². The number of hydrogen-bond acceptors (Lipinski definition) is 3. The van der Waals surface area contributed by atoms with Gasteiger partial charge in [-0.2, -0.15) is 0 Å². The van der Waals surface area contributed by atoms with Crippen LogP contribution in [0.2, 0.25) is 0 Å². The predicted octanol–water partition coefficient (Wildman–Crippen LogP) is 2.37. The highest BCUT2D eigenvalue weighted by Crippen LogP contribution is 2.16. The van der Waals surface area contributed by atoms with Crippen LogP contribution in [-0.2, 0) is 11.3 Å². The molecule has 1 N–H and O–H groups in total. The fourth-order valence-electron chi connectivity index (χ4n) is 1.21. The number of aliphatic hydroxyl groups is 1. The molecule has 0 aliphatic carbocycles. The second-order valence-electron chi connectivity index (χ2n) is 4.36. The van der Waals surface area contributed by atoms with Crippen molar-refractivity contribution in [2.45, 2.75) is 32.5 Å². The van der Waals surface area contributed by atoms with Gasteiger partial charge in [0.15, 0.2) is 0 Å². The largest absolute Gasteiger partial charge is 0.493 e. The lowest BCUT2D eigenvalue weighted by Gasteiger charge is -2.22. The van der Waals surface area contributed by atoms with Crippen molar-refractivity contribution in [3.63, 3.8) is 0 Å². The number of methoxy groups -OCH3 is 1. The quantitative estimate of drug-likeness (QED) is 0.806. The SMILES string of the molecule is COC(C)(C)CCOc1ccc(CO)cc1. The van der Waals surface area contributed by atoms with Crippen LogP contribution in [0.1, 0.15) is 25.8 Å². The number of aliphatic hydroxyl groups excluding tert-OH is 1. The van der Waals surface area contributed by atoms with Crippen molar-refractivity contribution in [2.75, 3.05) is 13.7 Å². The van der Waals surface area contributed by atoms with E-state index in [1.165, 1.54) is 0 Å². The summed E-state index contributed by atoms with van der Waals surface area (Å²) >= 11 is 0. The Balaban J connectivity index is 2.37. The summed E-state index contributed by atoms with van der Waals surface area (Å²) in [6.45, 7) is 4.76. The van der Waals surface area contributed by atoms with Crippen LogP contribution in [-0.4, -0.2) is 24.4 Å². The van der Waals surface area contributed by atoms with E-state index in [1.807, 2.05) is 38.1 Å². The molecule has 1 rings (SSSR count). The lowest BCUT2D eigenvalue weighted by Crippen LogP contribution is -2.25. The first-order valence-corrected chi connectivity index (χ1v) is 5.45. The van der Waals surface area contributed by atoms with Gasteiger partial charge < -0.3 is 14.6 Å². The monoisotopic (exact) mass is 224 g/mol. The van der Waals surface area contributed by atoms with Gasteiger partial charge in [0.25, 0.3) is 0 Å². The van der Waals surface area contributed by atoms with Gasteiger partial charge in [-0.3, -0.25) is 0 Å². The molecule has 0 radical (unpaired) electrons. The van der Waals surface area contributed by atoms with Crippen molar-refractivity contribution < 1.29 is 14.6 Å². The van der Waals surface area contributed by atoms with E-state index < -0.39 is 0 Å². The molecule has 0 atom stereocenters. The molecular formula is C13H20O3. The maximum absolute atomic E-state index is 8.89. The third kappa shape index (κ3) is 4.21. The van der Waals surface area contributed by atoms with Crippen LogP contribution < -0.4 is 4.74 Å². The molecule has 0 saturated carbocycles. The summed E-state index contributed by atoms with van der Waals surface area (Å²) in [7, 11) is 1.70. The molecule has 0 saturated heterocycles. The van der Waals surface area contributed by atoms with Crippen LogP contribution in [0.15, 0.2) is 24.3 Å².